The summed E-state index contributed by atoms with van der Waals surface area (Å²) in [5.74, 6) is 7.12. The van der Waals surface area contributed by atoms with Crippen LogP contribution in [0, 0.1) is 11.8 Å². The first-order valence-electron chi connectivity index (χ1n) is 5.26. The van der Waals surface area contributed by atoms with Gasteiger partial charge in [-0.15, -0.1) is 0 Å². The zero-order valence-corrected chi connectivity index (χ0v) is 10.4. The summed E-state index contributed by atoms with van der Waals surface area (Å²) in [4.78, 5) is 4.15. The topological polar surface area (TPSA) is 50.9 Å². The van der Waals surface area contributed by atoms with Crippen LogP contribution in [0.4, 0.5) is 0 Å². The zero-order chi connectivity index (χ0) is 10.8. The molecule has 0 aliphatic heterocycles. The van der Waals surface area contributed by atoms with Gasteiger partial charge in [0.2, 0.25) is 0 Å². The monoisotopic (exact) mass is 269 g/mol. The predicted octanol–water partition coefficient (Wildman–Crippen LogP) is 1.87. The standard InChI is InChI=1S/C11H16BrN3/c1-7-2-10(7)11(15-13)4-8-3-9(12)6-14-5-8/h3,5-7,10-11,15H,2,4,13H2,1H3. The summed E-state index contributed by atoms with van der Waals surface area (Å²) in [5, 5.41) is 0. The van der Waals surface area contributed by atoms with Crippen molar-refractivity contribution < 1.29 is 0 Å². The molecule has 3 unspecified atom stereocenters. The van der Waals surface area contributed by atoms with E-state index < -0.39 is 0 Å². The summed E-state index contributed by atoms with van der Waals surface area (Å²) in [6, 6.07) is 2.49. The van der Waals surface area contributed by atoms with Crippen molar-refractivity contribution in [2.75, 3.05) is 0 Å². The number of aromatic nitrogens is 1. The van der Waals surface area contributed by atoms with Gasteiger partial charge in [-0.2, -0.15) is 0 Å². The fourth-order valence-corrected chi connectivity index (χ4v) is 2.48. The number of hydrazine groups is 1. The van der Waals surface area contributed by atoms with Gasteiger partial charge in [-0.05, 0) is 52.2 Å². The molecule has 0 radical (unpaired) electrons. The van der Waals surface area contributed by atoms with Gasteiger partial charge >= 0.3 is 0 Å². The fraction of sp³-hybridized carbons (Fsp3) is 0.545. The van der Waals surface area contributed by atoms with E-state index in [1.54, 1.807) is 6.20 Å². The lowest BCUT2D eigenvalue weighted by atomic mass is 10.0. The Kier molecular flexibility index (Phi) is 3.38. The minimum Gasteiger partial charge on any atom is -0.271 e. The number of pyridine rings is 1. The molecular formula is C11H16BrN3. The second kappa shape index (κ2) is 4.60. The summed E-state index contributed by atoms with van der Waals surface area (Å²) in [6.07, 6.45) is 5.95. The van der Waals surface area contributed by atoms with Gasteiger partial charge in [0.15, 0.2) is 0 Å². The van der Waals surface area contributed by atoms with Crippen molar-refractivity contribution in [3.63, 3.8) is 0 Å². The summed E-state index contributed by atoms with van der Waals surface area (Å²) >= 11 is 3.42. The molecule has 0 aromatic carbocycles. The van der Waals surface area contributed by atoms with Crippen LogP contribution in [0.5, 0.6) is 0 Å². The summed E-state index contributed by atoms with van der Waals surface area (Å²) in [6.45, 7) is 2.27. The second-order valence-corrected chi connectivity index (χ2v) is 5.28. The van der Waals surface area contributed by atoms with Crippen LogP contribution in [0.15, 0.2) is 22.9 Å². The molecule has 1 aliphatic carbocycles. The second-order valence-electron chi connectivity index (χ2n) is 4.37. The molecule has 4 heteroatoms. The van der Waals surface area contributed by atoms with Gasteiger partial charge in [-0.3, -0.25) is 16.3 Å². The average Bonchev–Trinajstić information content (AvgIpc) is 2.92. The number of rotatable bonds is 4. The minimum absolute atomic E-state index is 0.385. The highest BCUT2D eigenvalue weighted by Gasteiger charge is 2.38. The molecule has 0 saturated heterocycles. The van der Waals surface area contributed by atoms with Crippen LogP contribution >= 0.6 is 15.9 Å². The Morgan fingerprint density at radius 3 is 2.93 bits per heavy atom. The van der Waals surface area contributed by atoms with Gasteiger partial charge in [0, 0.05) is 22.9 Å². The number of nitrogens with one attached hydrogen (secondary N) is 1. The molecule has 0 spiro atoms. The lowest BCUT2D eigenvalue weighted by Crippen LogP contribution is -2.38. The van der Waals surface area contributed by atoms with Crippen molar-refractivity contribution in [1.82, 2.24) is 10.4 Å². The lowest BCUT2D eigenvalue weighted by molar-refractivity contribution is 0.454. The van der Waals surface area contributed by atoms with Gasteiger partial charge in [0.25, 0.3) is 0 Å². The van der Waals surface area contributed by atoms with E-state index >= 15 is 0 Å². The molecule has 1 aromatic rings. The highest BCUT2D eigenvalue weighted by atomic mass is 79.9. The van der Waals surface area contributed by atoms with E-state index in [2.05, 4.69) is 39.3 Å². The first-order chi connectivity index (χ1) is 7.20. The van der Waals surface area contributed by atoms with E-state index in [4.69, 9.17) is 5.84 Å². The van der Waals surface area contributed by atoms with E-state index in [1.807, 2.05) is 6.20 Å². The molecule has 1 heterocycles. The Morgan fingerprint density at radius 2 is 2.40 bits per heavy atom. The predicted molar refractivity (Wildman–Crippen MR) is 64.0 cm³/mol. The number of halogens is 1. The molecule has 2 rings (SSSR count). The van der Waals surface area contributed by atoms with E-state index in [1.165, 1.54) is 12.0 Å². The molecular weight excluding hydrogens is 254 g/mol. The van der Waals surface area contributed by atoms with Crippen molar-refractivity contribution >= 4 is 15.9 Å². The smallest absolute Gasteiger partial charge is 0.0410 e. The van der Waals surface area contributed by atoms with Crippen LogP contribution in [0.2, 0.25) is 0 Å². The lowest BCUT2D eigenvalue weighted by Gasteiger charge is -2.15. The maximum Gasteiger partial charge on any atom is 0.0410 e. The number of hydrogen-bond donors (Lipinski definition) is 2. The molecule has 1 aromatic heterocycles. The summed E-state index contributed by atoms with van der Waals surface area (Å²) in [7, 11) is 0. The van der Waals surface area contributed by atoms with Crippen molar-refractivity contribution in [2.24, 2.45) is 17.7 Å². The molecule has 1 saturated carbocycles. The van der Waals surface area contributed by atoms with Crippen LogP contribution in [0.3, 0.4) is 0 Å². The summed E-state index contributed by atoms with van der Waals surface area (Å²) < 4.78 is 1.03. The third kappa shape index (κ3) is 2.77. The SMILES string of the molecule is CC1CC1C(Cc1cncc(Br)c1)NN. The molecule has 3 N–H and O–H groups in total. The van der Waals surface area contributed by atoms with E-state index in [-0.39, 0.29) is 0 Å². The molecule has 1 fully saturated rings. The van der Waals surface area contributed by atoms with Crippen LogP contribution in [-0.2, 0) is 6.42 Å². The largest absolute Gasteiger partial charge is 0.271 e. The van der Waals surface area contributed by atoms with Crippen molar-refractivity contribution in [1.29, 1.82) is 0 Å². The van der Waals surface area contributed by atoms with Crippen molar-refractivity contribution in [3.8, 4) is 0 Å². The van der Waals surface area contributed by atoms with Crippen molar-refractivity contribution in [3.05, 3.63) is 28.5 Å². The Bertz CT molecular complexity index is 342. The van der Waals surface area contributed by atoms with E-state index in [0.717, 1.165) is 22.7 Å². The number of nitrogens with zero attached hydrogens (tertiary/aromatic N) is 1. The number of nitrogens with two attached hydrogens (primary N) is 1. The molecule has 1 aliphatic rings. The van der Waals surface area contributed by atoms with Crippen LogP contribution in [0.25, 0.3) is 0 Å². The van der Waals surface area contributed by atoms with Crippen LogP contribution in [-0.4, -0.2) is 11.0 Å². The van der Waals surface area contributed by atoms with E-state index in [0.29, 0.717) is 6.04 Å². The number of hydrogen-bond acceptors (Lipinski definition) is 3. The molecule has 3 atom stereocenters. The van der Waals surface area contributed by atoms with Gasteiger partial charge in [0.05, 0.1) is 0 Å². The Labute approximate surface area is 98.6 Å². The quantitative estimate of drug-likeness (QED) is 0.648. The first-order valence-corrected chi connectivity index (χ1v) is 6.05. The van der Waals surface area contributed by atoms with E-state index in [9.17, 15) is 0 Å². The average molecular weight is 270 g/mol. The maximum atomic E-state index is 5.58. The third-order valence-corrected chi connectivity index (χ3v) is 3.55. The van der Waals surface area contributed by atoms with Gasteiger partial charge in [0.1, 0.15) is 0 Å². The minimum atomic E-state index is 0.385. The van der Waals surface area contributed by atoms with Gasteiger partial charge in [-0.25, -0.2) is 0 Å². The first kappa shape index (κ1) is 11.0. The molecule has 3 nitrogen and oxygen atoms in total. The molecule has 15 heavy (non-hydrogen) atoms. The van der Waals surface area contributed by atoms with Gasteiger partial charge in [-0.1, -0.05) is 6.92 Å². The van der Waals surface area contributed by atoms with Gasteiger partial charge < -0.3 is 0 Å². The normalized spacial score (nSPS) is 26.3. The van der Waals surface area contributed by atoms with Crippen molar-refractivity contribution in [2.45, 2.75) is 25.8 Å². The third-order valence-electron chi connectivity index (χ3n) is 3.12. The highest BCUT2D eigenvalue weighted by Crippen LogP contribution is 2.41. The molecule has 82 valence electrons. The molecule has 0 amide bonds. The zero-order valence-electron chi connectivity index (χ0n) is 8.78. The van der Waals surface area contributed by atoms with Crippen LogP contribution in [0.1, 0.15) is 18.9 Å². The summed E-state index contributed by atoms with van der Waals surface area (Å²) in [5.41, 5.74) is 4.15. The maximum absolute atomic E-state index is 5.58. The Balaban J connectivity index is 2.00. The molecule has 0 bridgehead atoms. The van der Waals surface area contributed by atoms with Crippen LogP contribution < -0.4 is 11.3 Å². The highest BCUT2D eigenvalue weighted by molar-refractivity contribution is 9.10. The Morgan fingerprint density at radius 1 is 1.67 bits per heavy atom. The fourth-order valence-electron chi connectivity index (χ4n) is 2.07. The Hall–Kier alpha value is -0.450.